The van der Waals surface area contributed by atoms with Gasteiger partial charge in [-0.3, -0.25) is 4.79 Å². The summed E-state index contributed by atoms with van der Waals surface area (Å²) in [6.07, 6.45) is 0.850. The van der Waals surface area contributed by atoms with Gasteiger partial charge in [0.1, 0.15) is 5.69 Å². The monoisotopic (exact) mass is 369 g/mol. The van der Waals surface area contributed by atoms with E-state index < -0.39 is 0 Å². The number of hydrogen-bond donors (Lipinski definition) is 1. The number of amides is 1. The van der Waals surface area contributed by atoms with Gasteiger partial charge in [0.15, 0.2) is 0 Å². The fraction of sp³-hybridized carbons (Fsp3) is 0.182. The van der Waals surface area contributed by atoms with Crippen molar-refractivity contribution in [1.82, 2.24) is 14.9 Å². The van der Waals surface area contributed by atoms with Gasteiger partial charge in [-0.05, 0) is 54.8 Å². The number of nitriles is 1. The molecule has 1 aliphatic heterocycles. The summed E-state index contributed by atoms with van der Waals surface area (Å²) in [7, 11) is 0. The fourth-order valence-corrected chi connectivity index (χ4v) is 3.32. The number of hydrogen-bond acceptors (Lipinski definition) is 5. The highest BCUT2D eigenvalue weighted by atomic mass is 16.2. The summed E-state index contributed by atoms with van der Waals surface area (Å²) in [5, 5.41) is 12.0. The molecular weight excluding hydrogens is 350 g/mol. The van der Waals surface area contributed by atoms with Gasteiger partial charge in [-0.15, -0.1) is 0 Å². The molecule has 1 N–H and O–H groups in total. The average molecular weight is 369 g/mol. The van der Waals surface area contributed by atoms with Crippen LogP contribution in [-0.2, 0) is 13.0 Å². The van der Waals surface area contributed by atoms with E-state index in [0.717, 1.165) is 12.1 Å². The van der Waals surface area contributed by atoms with Crippen molar-refractivity contribution in [3.05, 3.63) is 82.7 Å². The van der Waals surface area contributed by atoms with Crippen LogP contribution in [0.3, 0.4) is 0 Å². The van der Waals surface area contributed by atoms with Gasteiger partial charge in [0.25, 0.3) is 5.91 Å². The number of fused-ring (bicyclic) bond motifs is 1. The Morgan fingerprint density at radius 2 is 1.86 bits per heavy atom. The first-order valence-electron chi connectivity index (χ1n) is 9.11. The first kappa shape index (κ1) is 17.7. The minimum absolute atomic E-state index is 0.0946. The van der Waals surface area contributed by atoms with Crippen LogP contribution in [0.1, 0.15) is 32.9 Å². The second-order valence-electron chi connectivity index (χ2n) is 6.78. The van der Waals surface area contributed by atoms with E-state index in [0.29, 0.717) is 36.0 Å². The van der Waals surface area contributed by atoms with Gasteiger partial charge >= 0.3 is 0 Å². The Balaban J connectivity index is 1.55. The van der Waals surface area contributed by atoms with Gasteiger partial charge in [-0.1, -0.05) is 24.3 Å². The minimum atomic E-state index is -0.0946. The second-order valence-corrected chi connectivity index (χ2v) is 6.78. The molecule has 0 bridgehead atoms. The van der Waals surface area contributed by atoms with E-state index in [-0.39, 0.29) is 5.91 Å². The normalized spacial score (nSPS) is 12.8. The van der Waals surface area contributed by atoms with Gasteiger partial charge in [0, 0.05) is 24.5 Å². The van der Waals surface area contributed by atoms with E-state index in [4.69, 9.17) is 5.26 Å². The Labute approximate surface area is 163 Å². The molecule has 1 aromatic heterocycles. The molecule has 6 nitrogen and oxygen atoms in total. The molecule has 0 unspecified atom stereocenters. The largest absolute Gasteiger partial charge is 0.333 e. The van der Waals surface area contributed by atoms with E-state index in [1.54, 1.807) is 30.3 Å². The third-order valence-corrected chi connectivity index (χ3v) is 4.76. The number of rotatable bonds is 3. The van der Waals surface area contributed by atoms with Crippen molar-refractivity contribution < 1.29 is 4.79 Å². The molecule has 138 valence electrons. The topological polar surface area (TPSA) is 81.9 Å². The Morgan fingerprint density at radius 1 is 1.11 bits per heavy atom. The molecule has 1 aliphatic rings. The highest BCUT2D eigenvalue weighted by Crippen LogP contribution is 2.21. The maximum absolute atomic E-state index is 13.0. The van der Waals surface area contributed by atoms with Crippen molar-refractivity contribution in [2.45, 2.75) is 19.9 Å². The van der Waals surface area contributed by atoms with Crippen LogP contribution in [-0.4, -0.2) is 27.3 Å². The number of anilines is 2. The fourth-order valence-electron chi connectivity index (χ4n) is 3.32. The van der Waals surface area contributed by atoms with Crippen LogP contribution in [0, 0.1) is 18.3 Å². The number of nitrogens with zero attached hydrogens (tertiary/aromatic N) is 4. The van der Waals surface area contributed by atoms with E-state index in [1.807, 2.05) is 24.0 Å². The van der Waals surface area contributed by atoms with Crippen LogP contribution in [0.25, 0.3) is 0 Å². The highest BCUT2D eigenvalue weighted by molar-refractivity contribution is 5.93. The molecule has 2 aromatic carbocycles. The van der Waals surface area contributed by atoms with Crippen molar-refractivity contribution in [1.29, 1.82) is 5.26 Å². The van der Waals surface area contributed by atoms with E-state index >= 15 is 0 Å². The van der Waals surface area contributed by atoms with E-state index in [1.165, 1.54) is 11.1 Å². The quantitative estimate of drug-likeness (QED) is 0.763. The number of carbonyl (C=O) groups excluding carboxylic acids is 1. The van der Waals surface area contributed by atoms with Gasteiger partial charge in [-0.25, -0.2) is 9.97 Å². The summed E-state index contributed by atoms with van der Waals surface area (Å²) in [5.41, 5.74) is 4.92. The summed E-state index contributed by atoms with van der Waals surface area (Å²) in [4.78, 5) is 23.7. The molecule has 28 heavy (non-hydrogen) atoms. The lowest BCUT2D eigenvalue weighted by Gasteiger charge is -2.28. The minimum Gasteiger partial charge on any atom is -0.333 e. The molecule has 0 spiro atoms. The number of aromatic nitrogens is 2. The first-order valence-corrected chi connectivity index (χ1v) is 9.11. The SMILES string of the molecule is Cc1cc(C(=O)N2CCc3ccccc3C2)nc(Nc2ccc(C#N)cc2)n1. The van der Waals surface area contributed by atoms with Crippen LogP contribution in [0.4, 0.5) is 11.6 Å². The van der Waals surface area contributed by atoms with Crippen LogP contribution < -0.4 is 5.32 Å². The molecule has 6 heteroatoms. The van der Waals surface area contributed by atoms with E-state index in [9.17, 15) is 4.79 Å². The molecule has 2 heterocycles. The second kappa shape index (κ2) is 7.49. The molecule has 0 radical (unpaired) electrons. The Bertz CT molecular complexity index is 1070. The molecule has 0 fully saturated rings. The molecule has 0 aliphatic carbocycles. The van der Waals surface area contributed by atoms with E-state index in [2.05, 4.69) is 33.5 Å². The maximum Gasteiger partial charge on any atom is 0.272 e. The predicted molar refractivity (Wildman–Crippen MR) is 106 cm³/mol. The molecule has 4 rings (SSSR count). The number of benzene rings is 2. The zero-order valence-corrected chi connectivity index (χ0v) is 15.5. The standard InChI is InChI=1S/C22H19N5O/c1-15-12-20(21(28)27-11-10-17-4-2-3-5-18(17)14-27)26-22(24-15)25-19-8-6-16(13-23)7-9-19/h2-9,12H,10-11,14H2,1H3,(H,24,25,26). The van der Waals surface area contributed by atoms with Crippen molar-refractivity contribution in [3.8, 4) is 6.07 Å². The van der Waals surface area contributed by atoms with Gasteiger partial charge < -0.3 is 10.2 Å². The summed E-state index contributed by atoms with van der Waals surface area (Å²) in [6, 6.07) is 19.0. The lowest BCUT2D eigenvalue weighted by molar-refractivity contribution is 0.0728. The third-order valence-electron chi connectivity index (χ3n) is 4.76. The van der Waals surface area contributed by atoms with Crippen molar-refractivity contribution in [2.24, 2.45) is 0 Å². The third kappa shape index (κ3) is 3.69. The summed E-state index contributed by atoms with van der Waals surface area (Å²) < 4.78 is 0. The summed E-state index contributed by atoms with van der Waals surface area (Å²) in [6.45, 7) is 3.11. The molecule has 1 amide bonds. The number of nitrogens with one attached hydrogen (secondary N) is 1. The van der Waals surface area contributed by atoms with Gasteiger partial charge in [0.2, 0.25) is 5.95 Å². The first-order chi connectivity index (χ1) is 13.6. The average Bonchev–Trinajstić information content (AvgIpc) is 2.73. The molecular formula is C22H19N5O. The van der Waals surface area contributed by atoms with Crippen molar-refractivity contribution in [2.75, 3.05) is 11.9 Å². The van der Waals surface area contributed by atoms with Crippen LogP contribution in [0.2, 0.25) is 0 Å². The Hall–Kier alpha value is -3.72. The zero-order chi connectivity index (χ0) is 19.5. The zero-order valence-electron chi connectivity index (χ0n) is 15.5. The highest BCUT2D eigenvalue weighted by Gasteiger charge is 2.23. The molecule has 0 atom stereocenters. The van der Waals surface area contributed by atoms with Crippen LogP contribution >= 0.6 is 0 Å². The molecule has 3 aromatic rings. The van der Waals surface area contributed by atoms with Crippen molar-refractivity contribution in [3.63, 3.8) is 0 Å². The lowest BCUT2D eigenvalue weighted by Crippen LogP contribution is -2.36. The predicted octanol–water partition coefficient (Wildman–Crippen LogP) is 3.60. The van der Waals surface area contributed by atoms with Gasteiger partial charge in [0.05, 0.1) is 11.6 Å². The van der Waals surface area contributed by atoms with Gasteiger partial charge in [-0.2, -0.15) is 5.26 Å². The van der Waals surface area contributed by atoms with Crippen molar-refractivity contribution >= 4 is 17.5 Å². The summed E-state index contributed by atoms with van der Waals surface area (Å²) in [5.74, 6) is 0.272. The smallest absolute Gasteiger partial charge is 0.272 e. The van der Waals surface area contributed by atoms with Crippen LogP contribution in [0.5, 0.6) is 0 Å². The molecule has 0 saturated heterocycles. The number of carbonyl (C=O) groups is 1. The summed E-state index contributed by atoms with van der Waals surface area (Å²) >= 11 is 0. The molecule has 0 saturated carbocycles. The Morgan fingerprint density at radius 3 is 2.61 bits per heavy atom. The lowest BCUT2D eigenvalue weighted by atomic mass is 10.00. The Kier molecular flexibility index (Phi) is 4.73. The maximum atomic E-state index is 13.0. The number of aryl methyl sites for hydroxylation is 1. The van der Waals surface area contributed by atoms with Crippen LogP contribution in [0.15, 0.2) is 54.6 Å².